The van der Waals surface area contributed by atoms with Crippen LogP contribution in [0.25, 0.3) is 0 Å². The molecule has 1 aliphatic carbocycles. The second-order valence-corrected chi connectivity index (χ2v) is 8.95. The van der Waals surface area contributed by atoms with Gasteiger partial charge in [-0.05, 0) is 49.2 Å². The first-order chi connectivity index (χ1) is 16.9. The van der Waals surface area contributed by atoms with Crippen molar-refractivity contribution in [1.29, 1.82) is 0 Å². The molecule has 184 valence electrons. The van der Waals surface area contributed by atoms with Gasteiger partial charge in [0, 0.05) is 11.3 Å². The minimum absolute atomic E-state index is 0.317. The third kappa shape index (κ3) is 5.45. The second kappa shape index (κ2) is 10.6. The van der Waals surface area contributed by atoms with E-state index in [2.05, 4.69) is 16.0 Å². The summed E-state index contributed by atoms with van der Waals surface area (Å²) in [5, 5.41) is 8.34. The van der Waals surface area contributed by atoms with E-state index in [9.17, 15) is 19.2 Å². The predicted octanol–water partition coefficient (Wildman–Crippen LogP) is 3.92. The van der Waals surface area contributed by atoms with Crippen LogP contribution in [0.4, 0.5) is 16.2 Å². The highest BCUT2D eigenvalue weighted by atomic mass is 16.5. The quantitative estimate of drug-likeness (QED) is 0.544. The molecule has 2 aliphatic rings. The average Bonchev–Trinajstić information content (AvgIpc) is 3.07. The number of urea groups is 1. The van der Waals surface area contributed by atoms with Crippen molar-refractivity contribution in [2.24, 2.45) is 0 Å². The SMILES string of the molecule is COc1ccccc1NC(=O)c1ccc(NC(=O)CN2C(=O)NC3(CCCCCCC3)C2=O)cc1. The normalized spacial score (nSPS) is 17.3. The summed E-state index contributed by atoms with van der Waals surface area (Å²) in [6.07, 6.45) is 6.19. The molecule has 2 fully saturated rings. The van der Waals surface area contributed by atoms with Gasteiger partial charge in [0.1, 0.15) is 17.8 Å². The van der Waals surface area contributed by atoms with Gasteiger partial charge < -0.3 is 20.7 Å². The Balaban J connectivity index is 1.35. The molecule has 2 aromatic rings. The molecule has 0 radical (unpaired) electrons. The molecule has 9 heteroatoms. The van der Waals surface area contributed by atoms with E-state index in [1.54, 1.807) is 42.5 Å². The molecule has 4 rings (SSSR count). The molecule has 2 aromatic carbocycles. The van der Waals surface area contributed by atoms with Crippen molar-refractivity contribution >= 4 is 35.1 Å². The van der Waals surface area contributed by atoms with E-state index in [0.29, 0.717) is 35.5 Å². The summed E-state index contributed by atoms with van der Waals surface area (Å²) in [5.74, 6) is -0.576. The second-order valence-electron chi connectivity index (χ2n) is 8.95. The number of amides is 5. The molecule has 0 atom stereocenters. The highest BCUT2D eigenvalue weighted by molar-refractivity contribution is 6.10. The molecule has 3 N–H and O–H groups in total. The Morgan fingerprint density at radius 1 is 0.943 bits per heavy atom. The topological polar surface area (TPSA) is 117 Å². The summed E-state index contributed by atoms with van der Waals surface area (Å²) in [4.78, 5) is 51.8. The molecule has 35 heavy (non-hydrogen) atoms. The van der Waals surface area contributed by atoms with Crippen LogP contribution in [-0.2, 0) is 9.59 Å². The zero-order chi connectivity index (χ0) is 24.8. The minimum Gasteiger partial charge on any atom is -0.495 e. The van der Waals surface area contributed by atoms with Crippen molar-refractivity contribution in [2.45, 2.75) is 50.5 Å². The van der Waals surface area contributed by atoms with Gasteiger partial charge in [-0.15, -0.1) is 0 Å². The molecule has 1 spiro atoms. The highest BCUT2D eigenvalue weighted by Gasteiger charge is 2.50. The van der Waals surface area contributed by atoms with Crippen molar-refractivity contribution in [3.05, 3.63) is 54.1 Å². The standard InChI is InChI=1S/C26H30N4O5/c1-35-21-10-6-5-9-20(21)28-23(32)18-11-13-19(14-12-18)27-22(31)17-30-24(33)26(29-25(30)34)15-7-3-2-4-8-16-26/h5-6,9-14H,2-4,7-8,15-17H2,1H3,(H,27,31)(H,28,32)(H,29,34). The zero-order valence-electron chi connectivity index (χ0n) is 19.8. The Labute approximate surface area is 204 Å². The number of carbonyl (C=O) groups is 4. The number of nitrogens with zero attached hydrogens (tertiary/aromatic N) is 1. The van der Waals surface area contributed by atoms with Crippen molar-refractivity contribution in [3.63, 3.8) is 0 Å². The van der Waals surface area contributed by atoms with Gasteiger partial charge in [-0.2, -0.15) is 0 Å². The van der Waals surface area contributed by atoms with Gasteiger partial charge in [-0.1, -0.05) is 44.2 Å². The van der Waals surface area contributed by atoms with Gasteiger partial charge in [0.2, 0.25) is 5.91 Å². The maximum Gasteiger partial charge on any atom is 0.325 e. The van der Waals surface area contributed by atoms with Gasteiger partial charge >= 0.3 is 6.03 Å². The summed E-state index contributed by atoms with van der Waals surface area (Å²) in [6, 6.07) is 12.9. The van der Waals surface area contributed by atoms with Gasteiger partial charge in [0.25, 0.3) is 11.8 Å². The number of nitrogens with one attached hydrogen (secondary N) is 3. The van der Waals surface area contributed by atoms with Crippen LogP contribution in [0, 0.1) is 0 Å². The molecular weight excluding hydrogens is 448 g/mol. The molecule has 0 unspecified atom stereocenters. The van der Waals surface area contributed by atoms with E-state index in [-0.39, 0.29) is 18.4 Å². The third-order valence-electron chi connectivity index (χ3n) is 6.54. The van der Waals surface area contributed by atoms with Crippen LogP contribution in [0.2, 0.25) is 0 Å². The number of para-hydroxylation sites is 2. The Kier molecular flexibility index (Phi) is 7.33. The summed E-state index contributed by atoms with van der Waals surface area (Å²) in [6.45, 7) is -0.359. The first kappa shape index (κ1) is 24.3. The molecule has 0 aromatic heterocycles. The summed E-state index contributed by atoms with van der Waals surface area (Å²) in [7, 11) is 1.53. The van der Waals surface area contributed by atoms with E-state index in [1.807, 2.05) is 6.07 Å². The van der Waals surface area contributed by atoms with E-state index < -0.39 is 17.5 Å². The number of imide groups is 1. The van der Waals surface area contributed by atoms with Crippen LogP contribution in [0.1, 0.15) is 55.3 Å². The molecule has 0 bridgehead atoms. The molecular formula is C26H30N4O5. The molecule has 1 aliphatic heterocycles. The smallest absolute Gasteiger partial charge is 0.325 e. The van der Waals surface area contributed by atoms with Gasteiger partial charge in [-0.25, -0.2) is 4.79 Å². The summed E-state index contributed by atoms with van der Waals surface area (Å²) >= 11 is 0. The highest BCUT2D eigenvalue weighted by Crippen LogP contribution is 2.32. The fourth-order valence-corrected chi connectivity index (χ4v) is 4.66. The van der Waals surface area contributed by atoms with Crippen LogP contribution in [-0.4, -0.2) is 47.8 Å². The maximum absolute atomic E-state index is 13.1. The lowest BCUT2D eigenvalue weighted by molar-refractivity contribution is -0.134. The van der Waals surface area contributed by atoms with Crippen molar-refractivity contribution in [1.82, 2.24) is 10.2 Å². The average molecular weight is 479 g/mol. The summed E-state index contributed by atoms with van der Waals surface area (Å²) in [5.41, 5.74) is 0.521. The zero-order valence-corrected chi connectivity index (χ0v) is 19.8. The lowest BCUT2D eigenvalue weighted by atomic mass is 9.84. The Morgan fingerprint density at radius 3 is 2.29 bits per heavy atom. The molecule has 1 heterocycles. The third-order valence-corrected chi connectivity index (χ3v) is 6.54. The van der Waals surface area contributed by atoms with E-state index in [4.69, 9.17) is 4.74 Å². The van der Waals surface area contributed by atoms with Crippen LogP contribution >= 0.6 is 0 Å². The first-order valence-electron chi connectivity index (χ1n) is 11.9. The minimum atomic E-state index is -0.881. The van der Waals surface area contributed by atoms with Gasteiger partial charge in [0.05, 0.1) is 12.8 Å². The van der Waals surface area contributed by atoms with Crippen molar-refractivity contribution in [2.75, 3.05) is 24.3 Å². The molecule has 1 saturated carbocycles. The van der Waals surface area contributed by atoms with Crippen LogP contribution in [0.3, 0.4) is 0 Å². The largest absolute Gasteiger partial charge is 0.495 e. The lowest BCUT2D eigenvalue weighted by Crippen LogP contribution is -2.47. The monoisotopic (exact) mass is 478 g/mol. The number of hydrogen-bond acceptors (Lipinski definition) is 5. The summed E-state index contributed by atoms with van der Waals surface area (Å²) < 4.78 is 5.24. The number of ether oxygens (including phenoxy) is 1. The van der Waals surface area contributed by atoms with Gasteiger partial charge in [-0.3, -0.25) is 19.3 Å². The predicted molar refractivity (Wildman–Crippen MR) is 131 cm³/mol. The lowest BCUT2D eigenvalue weighted by Gasteiger charge is -2.28. The van der Waals surface area contributed by atoms with Crippen LogP contribution in [0.15, 0.2) is 48.5 Å². The van der Waals surface area contributed by atoms with E-state index in [1.165, 1.54) is 7.11 Å². The molecule has 1 saturated heterocycles. The fraction of sp³-hybridized carbons (Fsp3) is 0.385. The van der Waals surface area contributed by atoms with Crippen LogP contribution in [0.5, 0.6) is 5.75 Å². The van der Waals surface area contributed by atoms with E-state index >= 15 is 0 Å². The maximum atomic E-state index is 13.1. The molecule has 9 nitrogen and oxygen atoms in total. The fourth-order valence-electron chi connectivity index (χ4n) is 4.66. The Hall–Kier alpha value is -3.88. The Morgan fingerprint density at radius 2 is 1.60 bits per heavy atom. The first-order valence-corrected chi connectivity index (χ1v) is 11.9. The Bertz CT molecular complexity index is 1110. The van der Waals surface area contributed by atoms with Crippen LogP contribution < -0.4 is 20.7 Å². The number of rotatable bonds is 6. The number of anilines is 2. The number of benzene rings is 2. The van der Waals surface area contributed by atoms with E-state index in [0.717, 1.165) is 37.0 Å². The molecule has 5 amide bonds. The van der Waals surface area contributed by atoms with Gasteiger partial charge in [0.15, 0.2) is 0 Å². The number of hydrogen-bond donors (Lipinski definition) is 3. The number of methoxy groups -OCH3 is 1. The van der Waals surface area contributed by atoms with Crippen molar-refractivity contribution < 1.29 is 23.9 Å². The number of carbonyl (C=O) groups excluding carboxylic acids is 4. The van der Waals surface area contributed by atoms with Crippen molar-refractivity contribution in [3.8, 4) is 5.75 Å².